The van der Waals surface area contributed by atoms with Crippen LogP contribution in [0.1, 0.15) is 10.4 Å². The molecule has 0 spiro atoms. The van der Waals surface area contributed by atoms with Crippen molar-refractivity contribution >= 4 is 29.5 Å². The minimum absolute atomic E-state index is 0.158. The Bertz CT molecular complexity index is 668. The highest BCUT2D eigenvalue weighted by molar-refractivity contribution is 6.36. The van der Waals surface area contributed by atoms with Crippen LogP contribution in [0.2, 0.25) is 10.0 Å². The van der Waals surface area contributed by atoms with E-state index >= 15 is 0 Å². The third kappa shape index (κ3) is 2.15. The van der Waals surface area contributed by atoms with Crippen molar-refractivity contribution in [3.8, 4) is 22.6 Å². The van der Waals surface area contributed by atoms with Crippen LogP contribution in [0.25, 0.3) is 11.1 Å². The van der Waals surface area contributed by atoms with Crippen LogP contribution in [-0.4, -0.2) is 13.1 Å². The van der Waals surface area contributed by atoms with E-state index in [1.54, 1.807) is 30.3 Å². The molecular weight excluding hydrogens is 287 g/mol. The summed E-state index contributed by atoms with van der Waals surface area (Å²) in [6, 6.07) is 8.53. The highest BCUT2D eigenvalue weighted by atomic mass is 35.5. The van der Waals surface area contributed by atoms with Crippen LogP contribution < -0.4 is 9.47 Å². The fraction of sp³-hybridized carbons (Fsp3) is 0.0714. The fourth-order valence-corrected chi connectivity index (χ4v) is 2.51. The third-order valence-electron chi connectivity index (χ3n) is 2.89. The molecule has 0 N–H and O–H groups in total. The molecule has 0 fully saturated rings. The van der Waals surface area contributed by atoms with Crippen LogP contribution in [0.15, 0.2) is 30.3 Å². The number of aldehydes is 1. The van der Waals surface area contributed by atoms with Gasteiger partial charge in [0.2, 0.25) is 6.79 Å². The number of fused-ring (bicyclic) bond motifs is 1. The number of halogens is 2. The van der Waals surface area contributed by atoms with Gasteiger partial charge in [0.25, 0.3) is 0 Å². The zero-order valence-electron chi connectivity index (χ0n) is 9.65. The first-order chi connectivity index (χ1) is 9.19. The lowest BCUT2D eigenvalue weighted by atomic mass is 9.99. The molecule has 0 atom stereocenters. The average molecular weight is 295 g/mol. The molecule has 3 nitrogen and oxygen atoms in total. The van der Waals surface area contributed by atoms with Crippen molar-refractivity contribution in [3.63, 3.8) is 0 Å². The molecule has 3 rings (SSSR count). The molecule has 2 aromatic carbocycles. The normalized spacial score (nSPS) is 12.5. The third-order valence-corrected chi connectivity index (χ3v) is 3.44. The molecule has 1 aliphatic rings. The molecule has 0 saturated carbocycles. The van der Waals surface area contributed by atoms with Crippen molar-refractivity contribution in [2.75, 3.05) is 6.79 Å². The zero-order valence-corrected chi connectivity index (χ0v) is 11.2. The van der Waals surface area contributed by atoms with Gasteiger partial charge in [0, 0.05) is 21.2 Å². The second-order valence-corrected chi connectivity index (χ2v) is 4.88. The van der Waals surface area contributed by atoms with Gasteiger partial charge in [-0.25, -0.2) is 0 Å². The summed E-state index contributed by atoms with van der Waals surface area (Å²) in [6.07, 6.45) is 0.766. The lowest BCUT2D eigenvalue weighted by Crippen LogP contribution is -1.92. The Morgan fingerprint density at radius 1 is 1.00 bits per heavy atom. The maximum atomic E-state index is 11.2. The summed E-state index contributed by atoms with van der Waals surface area (Å²) >= 11 is 12.0. The molecule has 1 aliphatic heterocycles. The average Bonchev–Trinajstić information content (AvgIpc) is 2.84. The Balaban J connectivity index is 2.21. The van der Waals surface area contributed by atoms with Crippen LogP contribution in [0.4, 0.5) is 0 Å². The summed E-state index contributed by atoms with van der Waals surface area (Å²) in [7, 11) is 0. The minimum Gasteiger partial charge on any atom is -0.454 e. The van der Waals surface area contributed by atoms with Crippen LogP contribution in [0, 0.1) is 0 Å². The molecule has 0 amide bonds. The predicted molar refractivity (Wildman–Crippen MR) is 73.4 cm³/mol. The van der Waals surface area contributed by atoms with Crippen molar-refractivity contribution in [2.24, 2.45) is 0 Å². The van der Waals surface area contributed by atoms with Gasteiger partial charge in [0.05, 0.1) is 0 Å². The lowest BCUT2D eigenvalue weighted by molar-refractivity contribution is 0.112. The second kappa shape index (κ2) is 4.76. The van der Waals surface area contributed by atoms with Crippen LogP contribution in [0.3, 0.4) is 0 Å². The van der Waals surface area contributed by atoms with E-state index in [0.29, 0.717) is 32.7 Å². The number of rotatable bonds is 2. The molecule has 0 aliphatic carbocycles. The van der Waals surface area contributed by atoms with Gasteiger partial charge in [-0.3, -0.25) is 4.79 Å². The highest BCUT2D eigenvalue weighted by Gasteiger charge is 2.19. The van der Waals surface area contributed by atoms with E-state index in [-0.39, 0.29) is 6.79 Å². The molecular formula is C14H8Cl2O3. The maximum Gasteiger partial charge on any atom is 0.231 e. The molecule has 96 valence electrons. The molecule has 19 heavy (non-hydrogen) atoms. The molecule has 0 unspecified atom stereocenters. The van der Waals surface area contributed by atoms with Gasteiger partial charge in [-0.1, -0.05) is 29.3 Å². The van der Waals surface area contributed by atoms with Crippen molar-refractivity contribution in [3.05, 3.63) is 45.9 Å². The summed E-state index contributed by atoms with van der Waals surface area (Å²) < 4.78 is 10.6. The largest absolute Gasteiger partial charge is 0.454 e. The van der Waals surface area contributed by atoms with Gasteiger partial charge in [-0.15, -0.1) is 0 Å². The van der Waals surface area contributed by atoms with Gasteiger partial charge in [0.1, 0.15) is 0 Å². The first-order valence-electron chi connectivity index (χ1n) is 5.53. The summed E-state index contributed by atoms with van der Waals surface area (Å²) in [4.78, 5) is 11.2. The first-order valence-corrected chi connectivity index (χ1v) is 6.29. The summed E-state index contributed by atoms with van der Waals surface area (Å²) in [5, 5.41) is 1.02. The summed E-state index contributed by atoms with van der Waals surface area (Å²) in [5.41, 5.74) is 1.92. The Morgan fingerprint density at radius 3 is 2.42 bits per heavy atom. The fourth-order valence-electron chi connectivity index (χ4n) is 2.00. The standard InChI is InChI=1S/C14H8Cl2O3/c15-9-1-2-10(12(16)4-9)11-5-14-13(18-7-19-14)3-8(11)6-17/h1-6H,7H2. The van der Waals surface area contributed by atoms with Gasteiger partial charge in [0.15, 0.2) is 17.8 Å². The van der Waals surface area contributed by atoms with Crippen molar-refractivity contribution in [1.29, 1.82) is 0 Å². The minimum atomic E-state index is 0.158. The van der Waals surface area contributed by atoms with E-state index in [1.807, 2.05) is 0 Å². The molecule has 0 bridgehead atoms. The van der Waals surface area contributed by atoms with Gasteiger partial charge in [-0.2, -0.15) is 0 Å². The van der Waals surface area contributed by atoms with Crippen LogP contribution in [0.5, 0.6) is 11.5 Å². The Labute approximate surface area is 119 Å². The zero-order chi connectivity index (χ0) is 13.4. The first kappa shape index (κ1) is 12.3. The molecule has 0 saturated heterocycles. The van der Waals surface area contributed by atoms with E-state index < -0.39 is 0 Å². The van der Waals surface area contributed by atoms with Gasteiger partial charge in [-0.05, 0) is 29.8 Å². The number of carbonyl (C=O) groups excluding carboxylic acids is 1. The van der Waals surface area contributed by atoms with E-state index in [2.05, 4.69) is 0 Å². The van der Waals surface area contributed by atoms with Crippen molar-refractivity contribution in [2.45, 2.75) is 0 Å². The quantitative estimate of drug-likeness (QED) is 0.779. The molecule has 5 heteroatoms. The topological polar surface area (TPSA) is 35.5 Å². The van der Waals surface area contributed by atoms with Crippen molar-refractivity contribution in [1.82, 2.24) is 0 Å². The van der Waals surface area contributed by atoms with Crippen LogP contribution >= 0.6 is 23.2 Å². The molecule has 1 heterocycles. The van der Waals surface area contributed by atoms with E-state index in [0.717, 1.165) is 11.8 Å². The van der Waals surface area contributed by atoms with Crippen molar-refractivity contribution < 1.29 is 14.3 Å². The van der Waals surface area contributed by atoms with E-state index in [9.17, 15) is 4.79 Å². The van der Waals surface area contributed by atoms with Gasteiger partial charge < -0.3 is 9.47 Å². The Kier molecular flexibility index (Phi) is 3.09. The molecule has 0 radical (unpaired) electrons. The van der Waals surface area contributed by atoms with Gasteiger partial charge >= 0.3 is 0 Å². The monoisotopic (exact) mass is 294 g/mol. The number of benzene rings is 2. The maximum absolute atomic E-state index is 11.2. The highest BCUT2D eigenvalue weighted by Crippen LogP contribution is 2.40. The predicted octanol–water partition coefficient (Wildman–Crippen LogP) is 4.20. The number of hydrogen-bond acceptors (Lipinski definition) is 3. The smallest absolute Gasteiger partial charge is 0.231 e. The summed E-state index contributed by atoms with van der Waals surface area (Å²) in [6.45, 7) is 0.158. The SMILES string of the molecule is O=Cc1cc2c(cc1-c1ccc(Cl)cc1Cl)OCO2. The lowest BCUT2D eigenvalue weighted by Gasteiger charge is -2.09. The Morgan fingerprint density at radius 2 is 1.74 bits per heavy atom. The van der Waals surface area contributed by atoms with E-state index in [1.165, 1.54) is 0 Å². The number of ether oxygens (including phenoxy) is 2. The summed E-state index contributed by atoms with van der Waals surface area (Å²) in [5.74, 6) is 1.17. The number of hydrogen-bond donors (Lipinski definition) is 0. The van der Waals surface area contributed by atoms with Crippen LogP contribution in [-0.2, 0) is 0 Å². The number of carbonyl (C=O) groups is 1. The van der Waals surface area contributed by atoms with E-state index in [4.69, 9.17) is 32.7 Å². The molecule has 2 aromatic rings. The molecule has 0 aromatic heterocycles. The Hall–Kier alpha value is -1.71. The second-order valence-electron chi connectivity index (χ2n) is 4.03.